The third-order valence-corrected chi connectivity index (χ3v) is 5.11. The van der Waals surface area contributed by atoms with Gasteiger partial charge in [-0.25, -0.2) is 4.79 Å². The molecule has 0 saturated carbocycles. The van der Waals surface area contributed by atoms with Crippen molar-refractivity contribution < 1.29 is 9.53 Å². The molecule has 20 heavy (non-hydrogen) atoms. The first-order valence-electron chi connectivity index (χ1n) is 8.17. The van der Waals surface area contributed by atoms with Crippen LogP contribution >= 0.6 is 21.6 Å². The average molecular weight is 321 g/mol. The fourth-order valence-corrected chi connectivity index (χ4v) is 3.69. The van der Waals surface area contributed by atoms with Gasteiger partial charge < -0.3 is 4.74 Å². The van der Waals surface area contributed by atoms with E-state index >= 15 is 0 Å². The minimum atomic E-state index is -0.155. The van der Waals surface area contributed by atoms with Crippen molar-refractivity contribution in [1.82, 2.24) is 0 Å². The highest BCUT2D eigenvalue weighted by molar-refractivity contribution is 8.82. The largest absolute Gasteiger partial charge is 0.454 e. The van der Waals surface area contributed by atoms with Gasteiger partial charge >= 0.3 is 5.30 Å². The molecule has 0 fully saturated rings. The molecule has 0 aromatic carbocycles. The van der Waals surface area contributed by atoms with Gasteiger partial charge in [0.15, 0.2) is 0 Å². The molecule has 0 spiro atoms. The van der Waals surface area contributed by atoms with E-state index in [4.69, 9.17) is 4.74 Å². The van der Waals surface area contributed by atoms with Gasteiger partial charge in [-0.05, 0) is 20.3 Å². The van der Waals surface area contributed by atoms with Crippen molar-refractivity contribution in [2.24, 2.45) is 0 Å². The second kappa shape index (κ2) is 15.6. The van der Waals surface area contributed by atoms with Gasteiger partial charge in [-0.3, -0.25) is 0 Å². The van der Waals surface area contributed by atoms with Gasteiger partial charge in [0.1, 0.15) is 0 Å². The number of unbranched alkanes of at least 4 members (excludes halogenated alkanes) is 9. The Morgan fingerprint density at radius 1 is 0.900 bits per heavy atom. The molecule has 2 nitrogen and oxygen atoms in total. The summed E-state index contributed by atoms with van der Waals surface area (Å²) in [5.74, 6) is 1.05. The van der Waals surface area contributed by atoms with Crippen molar-refractivity contribution in [3.8, 4) is 0 Å². The second-order valence-electron chi connectivity index (χ2n) is 5.50. The summed E-state index contributed by atoms with van der Waals surface area (Å²) in [6, 6.07) is 0. The molecule has 0 aromatic heterocycles. The van der Waals surface area contributed by atoms with Crippen LogP contribution in [0, 0.1) is 0 Å². The lowest BCUT2D eigenvalue weighted by Crippen LogP contribution is -2.05. The molecule has 0 aliphatic rings. The summed E-state index contributed by atoms with van der Waals surface area (Å²) in [6.07, 6.45) is 13.6. The Balaban J connectivity index is 3.08. The maximum absolute atomic E-state index is 11.3. The maximum Gasteiger partial charge on any atom is 0.378 e. The van der Waals surface area contributed by atoms with Crippen molar-refractivity contribution in [1.29, 1.82) is 0 Å². The Morgan fingerprint density at radius 2 is 1.40 bits per heavy atom. The quantitative estimate of drug-likeness (QED) is 0.211. The smallest absolute Gasteiger partial charge is 0.378 e. The van der Waals surface area contributed by atoms with Crippen LogP contribution in [0.3, 0.4) is 0 Å². The van der Waals surface area contributed by atoms with Gasteiger partial charge in [0.2, 0.25) is 0 Å². The van der Waals surface area contributed by atoms with E-state index in [1.807, 2.05) is 13.8 Å². The van der Waals surface area contributed by atoms with Gasteiger partial charge in [0.25, 0.3) is 0 Å². The Kier molecular flexibility index (Phi) is 15.7. The van der Waals surface area contributed by atoms with E-state index in [-0.39, 0.29) is 11.4 Å². The molecule has 0 aliphatic heterocycles. The number of hydrogen-bond acceptors (Lipinski definition) is 4. The van der Waals surface area contributed by atoms with Crippen molar-refractivity contribution in [2.75, 3.05) is 5.75 Å². The van der Waals surface area contributed by atoms with E-state index < -0.39 is 0 Å². The Hall–Kier alpha value is 0.170. The summed E-state index contributed by atoms with van der Waals surface area (Å²) in [5, 5.41) is -0.155. The molecule has 0 radical (unpaired) electrons. The average Bonchev–Trinajstić information content (AvgIpc) is 2.39. The number of ether oxygens (including phenoxy) is 1. The third-order valence-electron chi connectivity index (χ3n) is 3.04. The fraction of sp³-hybridized carbons (Fsp3) is 0.938. The maximum atomic E-state index is 11.3. The van der Waals surface area contributed by atoms with Crippen molar-refractivity contribution in [3.63, 3.8) is 0 Å². The van der Waals surface area contributed by atoms with Crippen LogP contribution in [0.2, 0.25) is 0 Å². The molecule has 0 unspecified atom stereocenters. The van der Waals surface area contributed by atoms with Gasteiger partial charge in [-0.2, -0.15) is 0 Å². The number of carbonyl (C=O) groups excluding carboxylic acids is 1. The lowest BCUT2D eigenvalue weighted by molar-refractivity contribution is 0.143. The summed E-state index contributed by atoms with van der Waals surface area (Å²) in [6.45, 7) is 6.02. The molecule has 0 aliphatic carbocycles. The molecule has 0 heterocycles. The predicted molar refractivity (Wildman–Crippen MR) is 93.5 cm³/mol. The van der Waals surface area contributed by atoms with E-state index in [9.17, 15) is 4.79 Å². The summed E-state index contributed by atoms with van der Waals surface area (Å²) in [5.41, 5.74) is 0. The van der Waals surface area contributed by atoms with E-state index in [1.165, 1.54) is 75.0 Å². The molecule has 0 saturated heterocycles. The number of hydrogen-bond donors (Lipinski definition) is 0. The molecule has 0 bridgehead atoms. The standard InChI is InChI=1S/C16H32O2S2/c1-4-5-6-7-8-9-10-11-12-13-14-19-20-16(17)18-15(2)3/h15H,4-14H2,1-3H3. The van der Waals surface area contributed by atoms with Crippen LogP contribution in [0.25, 0.3) is 0 Å². The van der Waals surface area contributed by atoms with Crippen molar-refractivity contribution in [2.45, 2.75) is 91.1 Å². The van der Waals surface area contributed by atoms with Crippen LogP contribution in [0.1, 0.15) is 85.0 Å². The van der Waals surface area contributed by atoms with Crippen LogP contribution in [-0.4, -0.2) is 17.2 Å². The monoisotopic (exact) mass is 320 g/mol. The molecule has 0 N–H and O–H groups in total. The zero-order valence-electron chi connectivity index (χ0n) is 13.5. The Morgan fingerprint density at radius 3 is 1.90 bits per heavy atom. The second-order valence-corrected chi connectivity index (χ2v) is 7.85. The first-order valence-corrected chi connectivity index (χ1v) is 10.5. The minimum Gasteiger partial charge on any atom is -0.454 e. The molecule has 0 atom stereocenters. The lowest BCUT2D eigenvalue weighted by atomic mass is 10.1. The zero-order chi connectivity index (χ0) is 15.1. The van der Waals surface area contributed by atoms with Crippen LogP contribution in [0.15, 0.2) is 0 Å². The van der Waals surface area contributed by atoms with E-state index in [1.54, 1.807) is 10.8 Å². The fourth-order valence-electron chi connectivity index (χ4n) is 1.95. The van der Waals surface area contributed by atoms with Crippen LogP contribution in [0.5, 0.6) is 0 Å². The van der Waals surface area contributed by atoms with Crippen LogP contribution < -0.4 is 0 Å². The first-order chi connectivity index (χ1) is 9.66. The zero-order valence-corrected chi connectivity index (χ0v) is 15.1. The molecule has 0 amide bonds. The van der Waals surface area contributed by atoms with E-state index in [2.05, 4.69) is 6.92 Å². The van der Waals surface area contributed by atoms with E-state index in [0.717, 1.165) is 5.75 Å². The van der Waals surface area contributed by atoms with Gasteiger partial charge in [-0.1, -0.05) is 75.5 Å². The summed E-state index contributed by atoms with van der Waals surface area (Å²) in [4.78, 5) is 11.3. The molecule has 0 rings (SSSR count). The molecular weight excluding hydrogens is 288 g/mol. The molecule has 0 aromatic rings. The number of carbonyl (C=O) groups is 1. The normalized spacial score (nSPS) is 11.0. The van der Waals surface area contributed by atoms with Crippen LogP contribution in [-0.2, 0) is 4.74 Å². The Bertz CT molecular complexity index is 221. The highest BCUT2D eigenvalue weighted by Crippen LogP contribution is 2.25. The minimum absolute atomic E-state index is 0.00655. The van der Waals surface area contributed by atoms with Gasteiger partial charge in [-0.15, -0.1) is 0 Å². The Labute approximate surface area is 133 Å². The highest BCUT2D eigenvalue weighted by Gasteiger charge is 2.05. The van der Waals surface area contributed by atoms with E-state index in [0.29, 0.717) is 0 Å². The SMILES string of the molecule is CCCCCCCCCCCCSSC(=O)OC(C)C. The molecular formula is C16H32O2S2. The molecule has 120 valence electrons. The summed E-state index contributed by atoms with van der Waals surface area (Å²) < 4.78 is 5.05. The lowest BCUT2D eigenvalue weighted by Gasteiger charge is -2.06. The highest BCUT2D eigenvalue weighted by atomic mass is 33.1. The van der Waals surface area contributed by atoms with Crippen LogP contribution in [0.4, 0.5) is 4.79 Å². The molecule has 4 heteroatoms. The third kappa shape index (κ3) is 16.2. The number of rotatable bonds is 13. The van der Waals surface area contributed by atoms with Crippen molar-refractivity contribution >= 4 is 26.9 Å². The van der Waals surface area contributed by atoms with Gasteiger partial charge in [0.05, 0.1) is 6.10 Å². The first kappa shape index (κ1) is 20.2. The van der Waals surface area contributed by atoms with Gasteiger partial charge in [0, 0.05) is 16.5 Å². The van der Waals surface area contributed by atoms with Crippen molar-refractivity contribution in [3.05, 3.63) is 0 Å². The summed E-state index contributed by atoms with van der Waals surface area (Å²) in [7, 11) is 2.86. The summed E-state index contributed by atoms with van der Waals surface area (Å²) >= 11 is 0. The predicted octanol–water partition coefficient (Wildman–Crippen LogP) is 6.83. The topological polar surface area (TPSA) is 26.3 Å².